The fraction of sp³-hybridized carbons (Fsp3) is 0.833. The number of H-pyrrole nitrogens is 1. The van der Waals surface area contributed by atoms with Crippen LogP contribution in [0.1, 0.15) is 117 Å². The third-order valence-corrected chi connectivity index (χ3v) is 8.52. The highest BCUT2D eigenvalue weighted by Crippen LogP contribution is 2.44. The Morgan fingerprint density at radius 3 is 2.16 bits per heavy atom. The van der Waals surface area contributed by atoms with E-state index < -0.39 is 31.9 Å². The van der Waals surface area contributed by atoms with Crippen molar-refractivity contribution in [2.24, 2.45) is 0 Å². The first-order valence-electron chi connectivity index (χ1n) is 16.1. The molecule has 248 valence electrons. The Morgan fingerprint density at radius 1 is 1.00 bits per heavy atom. The van der Waals surface area contributed by atoms with Crippen molar-refractivity contribution in [2.45, 2.75) is 142 Å². The van der Waals surface area contributed by atoms with E-state index >= 15 is 0 Å². The topological polar surface area (TPSA) is 164 Å². The first-order valence-corrected chi connectivity index (χ1v) is 17.9. The lowest BCUT2D eigenvalue weighted by atomic mass is 10.0. The first kappa shape index (κ1) is 37.4. The molecule has 0 spiro atoms. The van der Waals surface area contributed by atoms with Gasteiger partial charge in [0, 0.05) is 7.11 Å². The smallest absolute Gasteiger partial charge is 0.355 e. The second-order valence-corrected chi connectivity index (χ2v) is 13.3. The van der Waals surface area contributed by atoms with Gasteiger partial charge in [-0.2, -0.15) is 4.98 Å². The van der Waals surface area contributed by atoms with Crippen LogP contribution in [-0.2, 0) is 29.8 Å². The number of nitrogen functional groups attached to an aromatic ring is 1. The van der Waals surface area contributed by atoms with E-state index in [4.69, 9.17) is 24.5 Å². The summed E-state index contributed by atoms with van der Waals surface area (Å²) in [7, 11) is -2.62. The highest BCUT2D eigenvalue weighted by atomic mass is 31.2. The minimum absolute atomic E-state index is 0.0377. The van der Waals surface area contributed by atoms with Gasteiger partial charge in [-0.05, 0) is 20.3 Å². The van der Waals surface area contributed by atoms with E-state index in [0.717, 1.165) is 19.3 Å². The number of hydrogen-bond donors (Lipinski definition) is 3. The fourth-order valence-corrected chi connectivity index (χ4v) is 6.15. The maximum absolute atomic E-state index is 12.7. The molecular formula is C30H56N5O7P. The van der Waals surface area contributed by atoms with Gasteiger partial charge < -0.3 is 29.4 Å². The number of imidazole rings is 1. The minimum Gasteiger partial charge on any atom is -0.382 e. The van der Waals surface area contributed by atoms with Crippen LogP contribution in [0.4, 0.5) is 5.95 Å². The monoisotopic (exact) mass is 629 g/mol. The third-order valence-electron chi connectivity index (χ3n) is 7.42. The Morgan fingerprint density at radius 2 is 1.58 bits per heavy atom. The molecule has 0 amide bonds. The molecule has 13 heteroatoms. The number of anilines is 1. The summed E-state index contributed by atoms with van der Waals surface area (Å²) in [6, 6.07) is 0. The Hall–Kier alpha value is -1.82. The van der Waals surface area contributed by atoms with Crippen LogP contribution in [-0.4, -0.2) is 63.0 Å². The van der Waals surface area contributed by atoms with Crippen molar-refractivity contribution < 1.29 is 28.2 Å². The summed E-state index contributed by atoms with van der Waals surface area (Å²) in [5.74, 6) is -0.0377. The number of unbranched alkanes of at least 4 members (excludes halogenated alkanes) is 13. The molecule has 0 aliphatic carbocycles. The molecule has 12 nitrogen and oxygen atoms in total. The summed E-state index contributed by atoms with van der Waals surface area (Å²) in [6.45, 7) is 6.13. The predicted molar refractivity (Wildman–Crippen MR) is 170 cm³/mol. The molecule has 0 fully saturated rings. The Balaban J connectivity index is 1.60. The summed E-state index contributed by atoms with van der Waals surface area (Å²) in [6.07, 6.45) is 18.6. The molecular weight excluding hydrogens is 573 g/mol. The maximum Gasteiger partial charge on any atom is 0.355 e. The average Bonchev–Trinajstić information content (AvgIpc) is 3.34. The van der Waals surface area contributed by atoms with Crippen LogP contribution in [0, 0.1) is 0 Å². The number of fused-ring (bicyclic) bond motifs is 1. The highest BCUT2D eigenvalue weighted by Gasteiger charge is 2.27. The second kappa shape index (κ2) is 21.0. The second-order valence-electron chi connectivity index (χ2n) is 11.5. The van der Waals surface area contributed by atoms with Gasteiger partial charge in [-0.1, -0.05) is 96.8 Å². The van der Waals surface area contributed by atoms with Gasteiger partial charge in [0.2, 0.25) is 5.95 Å². The molecule has 0 aromatic carbocycles. The number of nitrogens with one attached hydrogen (secondary N) is 1. The number of hydrogen-bond acceptors (Lipinski definition) is 9. The van der Waals surface area contributed by atoms with Gasteiger partial charge in [0.25, 0.3) is 5.56 Å². The summed E-state index contributed by atoms with van der Waals surface area (Å²) >= 11 is 0. The summed E-state index contributed by atoms with van der Waals surface area (Å²) in [4.78, 5) is 33.0. The number of aromatic amines is 1. The summed E-state index contributed by atoms with van der Waals surface area (Å²) < 4.78 is 36.3. The maximum atomic E-state index is 12.7. The van der Waals surface area contributed by atoms with Crippen molar-refractivity contribution in [1.29, 1.82) is 0 Å². The Labute approximate surface area is 257 Å². The van der Waals surface area contributed by atoms with Gasteiger partial charge in [0.05, 0.1) is 31.7 Å². The van der Waals surface area contributed by atoms with E-state index in [9.17, 15) is 14.3 Å². The number of aromatic nitrogens is 4. The molecule has 3 unspecified atom stereocenters. The van der Waals surface area contributed by atoms with Crippen LogP contribution in [0.2, 0.25) is 0 Å². The minimum atomic E-state index is -4.12. The Kier molecular flexibility index (Phi) is 18.3. The quantitative estimate of drug-likeness (QED) is 0.0593. The van der Waals surface area contributed by atoms with Crippen molar-refractivity contribution in [3.63, 3.8) is 0 Å². The van der Waals surface area contributed by atoms with E-state index in [1.807, 2.05) is 6.92 Å². The average molecular weight is 630 g/mol. The number of rotatable bonds is 26. The molecule has 0 saturated heterocycles. The lowest BCUT2D eigenvalue weighted by Crippen LogP contribution is -2.27. The van der Waals surface area contributed by atoms with E-state index in [1.165, 1.54) is 90.5 Å². The first-order chi connectivity index (χ1) is 20.6. The highest BCUT2D eigenvalue weighted by molar-refractivity contribution is 7.52. The van der Waals surface area contributed by atoms with E-state index in [2.05, 4.69) is 21.9 Å². The van der Waals surface area contributed by atoms with E-state index in [-0.39, 0.29) is 36.4 Å². The molecule has 0 bridgehead atoms. The molecule has 2 rings (SSSR count). The molecule has 2 heterocycles. The van der Waals surface area contributed by atoms with Gasteiger partial charge >= 0.3 is 7.60 Å². The fourth-order valence-electron chi connectivity index (χ4n) is 5.17. The van der Waals surface area contributed by atoms with Crippen LogP contribution in [0.25, 0.3) is 11.2 Å². The lowest BCUT2D eigenvalue weighted by molar-refractivity contribution is -0.110. The standard InChI is InChI=1S/C30H56N5O7P/c1-5-6-7-8-9-10-11-12-13-14-15-16-17-18-19-24(2)41-25(3)42-43(37,38)23-40-26(21-39-4)20-35-22-32-27-28(35)33-30(31)34-29(27)36/h22,24-26H,5-21,23H2,1-4H3,(H,37,38)(H3,31,33,34,36)/t24?,25?,26-/m0/s1. The number of nitrogens with two attached hydrogens (primary N) is 1. The van der Waals surface area contributed by atoms with Gasteiger partial charge in [0.1, 0.15) is 6.35 Å². The Bertz CT molecular complexity index is 1130. The predicted octanol–water partition coefficient (Wildman–Crippen LogP) is 6.52. The van der Waals surface area contributed by atoms with Crippen molar-refractivity contribution >= 4 is 24.7 Å². The SMILES string of the molecule is CCCCCCCCCCCCCCCCC(C)OC(C)OP(=O)(O)CO[C@H](COC)Cn1cnc2c(=O)[nH]c(N)nc21. The molecule has 43 heavy (non-hydrogen) atoms. The van der Waals surface area contributed by atoms with Gasteiger partial charge in [0.15, 0.2) is 17.5 Å². The van der Waals surface area contributed by atoms with E-state index in [1.54, 1.807) is 11.5 Å². The molecule has 4 atom stereocenters. The molecule has 0 aliphatic rings. The normalized spacial score (nSPS) is 15.5. The van der Waals surface area contributed by atoms with Crippen LogP contribution in [0.15, 0.2) is 11.1 Å². The van der Waals surface area contributed by atoms with Crippen LogP contribution in [0.5, 0.6) is 0 Å². The summed E-state index contributed by atoms with van der Waals surface area (Å²) in [5.41, 5.74) is 5.62. The van der Waals surface area contributed by atoms with Crippen LogP contribution >= 0.6 is 7.60 Å². The number of nitrogens with zero attached hydrogens (tertiary/aromatic N) is 3. The zero-order valence-electron chi connectivity index (χ0n) is 26.8. The van der Waals surface area contributed by atoms with Crippen molar-refractivity contribution in [1.82, 2.24) is 19.5 Å². The molecule has 4 N–H and O–H groups in total. The van der Waals surface area contributed by atoms with Gasteiger partial charge in [-0.15, -0.1) is 0 Å². The molecule has 2 aromatic rings. The van der Waals surface area contributed by atoms with E-state index in [0.29, 0.717) is 0 Å². The zero-order valence-corrected chi connectivity index (χ0v) is 27.7. The van der Waals surface area contributed by atoms with Crippen molar-refractivity contribution in [3.05, 3.63) is 16.7 Å². The largest absolute Gasteiger partial charge is 0.382 e. The van der Waals surface area contributed by atoms with Gasteiger partial charge in [-0.3, -0.25) is 18.9 Å². The van der Waals surface area contributed by atoms with Crippen LogP contribution in [0.3, 0.4) is 0 Å². The van der Waals surface area contributed by atoms with Gasteiger partial charge in [-0.25, -0.2) is 4.98 Å². The third kappa shape index (κ3) is 15.6. The van der Waals surface area contributed by atoms with Crippen LogP contribution < -0.4 is 11.3 Å². The number of methoxy groups -OCH3 is 1. The molecule has 0 aliphatic heterocycles. The lowest BCUT2D eigenvalue weighted by Gasteiger charge is -2.24. The molecule has 0 radical (unpaired) electrons. The zero-order chi connectivity index (χ0) is 31.5. The summed E-state index contributed by atoms with van der Waals surface area (Å²) in [5, 5.41) is 0. The van der Waals surface area contributed by atoms with Crippen molar-refractivity contribution in [3.8, 4) is 0 Å². The molecule has 2 aromatic heterocycles. The number of ether oxygens (including phenoxy) is 3. The molecule has 0 saturated carbocycles. The van der Waals surface area contributed by atoms with Crippen molar-refractivity contribution in [2.75, 3.05) is 25.8 Å².